The molecule has 0 radical (unpaired) electrons. The number of hydrogen-bond donors (Lipinski definition) is 0. The van der Waals surface area contributed by atoms with Gasteiger partial charge in [0, 0.05) is 6.20 Å². The van der Waals surface area contributed by atoms with E-state index in [4.69, 9.17) is 6.42 Å². The van der Waals surface area contributed by atoms with E-state index in [0.717, 1.165) is 12.0 Å². The van der Waals surface area contributed by atoms with Gasteiger partial charge in [-0.2, -0.15) is 5.10 Å². The van der Waals surface area contributed by atoms with Gasteiger partial charge in [0.2, 0.25) is 0 Å². The lowest BCUT2D eigenvalue weighted by molar-refractivity contribution is 0.712. The number of aryl methyl sites for hydroxylation is 1. The van der Waals surface area contributed by atoms with Crippen molar-refractivity contribution < 1.29 is 0 Å². The van der Waals surface area contributed by atoms with Crippen LogP contribution in [-0.2, 0) is 6.42 Å². The van der Waals surface area contributed by atoms with Gasteiger partial charge >= 0.3 is 0 Å². The number of terminal acetylenes is 1. The molecule has 0 aromatic carbocycles. The number of aromatic nitrogens is 2. The molecule has 1 heterocycles. The highest BCUT2D eigenvalue weighted by atomic mass is 15.1. The number of nitrogens with zero attached hydrogens (tertiary/aromatic N) is 2. The van der Waals surface area contributed by atoms with Gasteiger partial charge in [-0.3, -0.25) is 0 Å². The topological polar surface area (TPSA) is 25.8 Å². The third-order valence-electron chi connectivity index (χ3n) is 1.99. The Morgan fingerprint density at radius 1 is 1.46 bits per heavy atom. The van der Waals surface area contributed by atoms with Gasteiger partial charge in [-0.15, -0.1) is 11.5 Å². The van der Waals surface area contributed by atoms with Crippen molar-refractivity contribution >= 4 is 0 Å². The molecule has 1 aromatic rings. The van der Waals surface area contributed by atoms with E-state index in [1.165, 1.54) is 19.3 Å². The summed E-state index contributed by atoms with van der Waals surface area (Å²) in [6.07, 6.45) is 11.7. The summed E-state index contributed by atoms with van der Waals surface area (Å²) >= 11 is 0. The first-order valence-corrected chi connectivity index (χ1v) is 4.65. The zero-order valence-electron chi connectivity index (χ0n) is 7.95. The summed E-state index contributed by atoms with van der Waals surface area (Å²) in [5.74, 6) is 2.55. The lowest BCUT2D eigenvalue weighted by Gasteiger charge is -2.01. The summed E-state index contributed by atoms with van der Waals surface area (Å²) in [6, 6.07) is 1.96. The van der Waals surface area contributed by atoms with Gasteiger partial charge in [-0.05, 0) is 30.4 Å². The standard InChI is InChI=1S/C11H14N2/c1-3-5-6-7-10-8-9-12-13-11(10)4-2/h2,8-9H,3,5-7H2,1H3. The van der Waals surface area contributed by atoms with Crippen LogP contribution < -0.4 is 0 Å². The summed E-state index contributed by atoms with van der Waals surface area (Å²) in [5.41, 5.74) is 1.84. The van der Waals surface area contributed by atoms with Gasteiger partial charge in [-0.1, -0.05) is 19.8 Å². The lowest BCUT2D eigenvalue weighted by atomic mass is 10.1. The van der Waals surface area contributed by atoms with Crippen LogP contribution in [0, 0.1) is 12.3 Å². The van der Waals surface area contributed by atoms with Crippen molar-refractivity contribution in [2.45, 2.75) is 32.6 Å². The average Bonchev–Trinajstić information content (AvgIpc) is 2.19. The van der Waals surface area contributed by atoms with Crippen molar-refractivity contribution in [3.8, 4) is 12.3 Å². The summed E-state index contributed by atoms with van der Waals surface area (Å²) < 4.78 is 0. The minimum atomic E-state index is 0.693. The molecule has 0 aliphatic carbocycles. The molecule has 0 amide bonds. The molecule has 0 saturated heterocycles. The van der Waals surface area contributed by atoms with E-state index in [1.807, 2.05) is 6.07 Å². The number of hydrogen-bond acceptors (Lipinski definition) is 2. The maximum absolute atomic E-state index is 5.30. The predicted octanol–water partition coefficient (Wildman–Crippen LogP) is 2.19. The molecule has 0 spiro atoms. The van der Waals surface area contributed by atoms with Gasteiger partial charge < -0.3 is 0 Å². The molecule has 2 nitrogen and oxygen atoms in total. The van der Waals surface area contributed by atoms with Crippen LogP contribution in [0.3, 0.4) is 0 Å². The maximum atomic E-state index is 5.30. The molecule has 0 aliphatic rings. The number of unbranched alkanes of at least 4 members (excludes halogenated alkanes) is 2. The summed E-state index contributed by atoms with van der Waals surface area (Å²) in [4.78, 5) is 0. The van der Waals surface area contributed by atoms with Gasteiger partial charge in [0.15, 0.2) is 0 Å². The highest BCUT2D eigenvalue weighted by Gasteiger charge is 1.99. The Balaban J connectivity index is 2.60. The Hall–Kier alpha value is -1.36. The third-order valence-corrected chi connectivity index (χ3v) is 1.99. The molecule has 0 fully saturated rings. The molecular weight excluding hydrogens is 160 g/mol. The molecule has 68 valence electrons. The predicted molar refractivity (Wildman–Crippen MR) is 53.2 cm³/mol. The Morgan fingerprint density at radius 3 is 3.00 bits per heavy atom. The zero-order valence-corrected chi connectivity index (χ0v) is 7.95. The van der Waals surface area contributed by atoms with Gasteiger partial charge in [0.1, 0.15) is 5.69 Å². The maximum Gasteiger partial charge on any atom is 0.138 e. The first kappa shape index (κ1) is 9.73. The first-order valence-electron chi connectivity index (χ1n) is 4.65. The minimum absolute atomic E-state index is 0.693. The summed E-state index contributed by atoms with van der Waals surface area (Å²) in [6.45, 7) is 2.19. The molecular formula is C11H14N2. The first-order chi connectivity index (χ1) is 6.38. The van der Waals surface area contributed by atoms with Crippen LogP contribution in [0.2, 0.25) is 0 Å². The Kier molecular flexibility index (Phi) is 3.98. The molecule has 0 saturated carbocycles. The van der Waals surface area contributed by atoms with Crippen molar-refractivity contribution in [1.82, 2.24) is 10.2 Å². The van der Waals surface area contributed by atoms with Crippen LogP contribution in [0.25, 0.3) is 0 Å². The van der Waals surface area contributed by atoms with E-state index in [2.05, 4.69) is 23.0 Å². The highest BCUT2D eigenvalue weighted by molar-refractivity contribution is 5.31. The minimum Gasteiger partial charge on any atom is -0.158 e. The molecule has 0 bridgehead atoms. The molecule has 0 unspecified atom stereocenters. The van der Waals surface area contributed by atoms with Crippen molar-refractivity contribution in [3.63, 3.8) is 0 Å². The second-order valence-corrected chi connectivity index (χ2v) is 3.01. The summed E-state index contributed by atoms with van der Waals surface area (Å²) in [7, 11) is 0. The quantitative estimate of drug-likeness (QED) is 0.516. The fraction of sp³-hybridized carbons (Fsp3) is 0.455. The molecule has 2 heteroatoms. The second-order valence-electron chi connectivity index (χ2n) is 3.01. The van der Waals surface area contributed by atoms with E-state index in [-0.39, 0.29) is 0 Å². The zero-order chi connectivity index (χ0) is 9.52. The Morgan fingerprint density at radius 2 is 2.31 bits per heavy atom. The van der Waals surface area contributed by atoms with Crippen molar-refractivity contribution in [2.75, 3.05) is 0 Å². The van der Waals surface area contributed by atoms with Gasteiger partial charge in [0.05, 0.1) is 0 Å². The lowest BCUT2D eigenvalue weighted by Crippen LogP contribution is -1.95. The van der Waals surface area contributed by atoms with E-state index in [1.54, 1.807) is 6.20 Å². The van der Waals surface area contributed by atoms with Crippen molar-refractivity contribution in [3.05, 3.63) is 23.5 Å². The highest BCUT2D eigenvalue weighted by Crippen LogP contribution is 2.08. The third kappa shape index (κ3) is 2.87. The molecule has 13 heavy (non-hydrogen) atoms. The van der Waals surface area contributed by atoms with Crippen molar-refractivity contribution in [1.29, 1.82) is 0 Å². The van der Waals surface area contributed by atoms with Crippen LogP contribution >= 0.6 is 0 Å². The van der Waals surface area contributed by atoms with Gasteiger partial charge in [-0.25, -0.2) is 0 Å². The van der Waals surface area contributed by atoms with Crippen LogP contribution in [0.5, 0.6) is 0 Å². The van der Waals surface area contributed by atoms with Crippen LogP contribution in [0.4, 0.5) is 0 Å². The Labute approximate surface area is 79.4 Å². The van der Waals surface area contributed by atoms with Gasteiger partial charge in [0.25, 0.3) is 0 Å². The largest absolute Gasteiger partial charge is 0.158 e. The fourth-order valence-corrected chi connectivity index (χ4v) is 1.25. The SMILES string of the molecule is C#Cc1nnccc1CCCCC. The van der Waals surface area contributed by atoms with Crippen LogP contribution in [-0.4, -0.2) is 10.2 Å². The molecule has 0 atom stereocenters. The smallest absolute Gasteiger partial charge is 0.138 e. The van der Waals surface area contributed by atoms with Crippen LogP contribution in [0.15, 0.2) is 12.3 Å². The monoisotopic (exact) mass is 174 g/mol. The summed E-state index contributed by atoms with van der Waals surface area (Å²) in [5, 5.41) is 7.64. The van der Waals surface area contributed by atoms with Crippen LogP contribution in [0.1, 0.15) is 37.4 Å². The molecule has 1 rings (SSSR count). The van der Waals surface area contributed by atoms with E-state index < -0.39 is 0 Å². The Bertz CT molecular complexity index is 299. The normalized spacial score (nSPS) is 9.54. The van der Waals surface area contributed by atoms with Crippen molar-refractivity contribution in [2.24, 2.45) is 0 Å². The molecule has 0 N–H and O–H groups in total. The van der Waals surface area contributed by atoms with E-state index in [9.17, 15) is 0 Å². The second kappa shape index (κ2) is 5.31. The van der Waals surface area contributed by atoms with E-state index in [0.29, 0.717) is 5.69 Å². The average molecular weight is 174 g/mol. The van der Waals surface area contributed by atoms with E-state index >= 15 is 0 Å². The molecule has 0 aliphatic heterocycles. The molecule has 1 aromatic heterocycles. The fourth-order valence-electron chi connectivity index (χ4n) is 1.25. The number of rotatable bonds is 4.